The van der Waals surface area contributed by atoms with Gasteiger partial charge in [-0.2, -0.15) is 0 Å². The minimum Gasteiger partial charge on any atom is -0.511 e. The molecule has 0 saturated heterocycles. The monoisotopic (exact) mass is 836 g/mol. The van der Waals surface area contributed by atoms with Crippen molar-refractivity contribution in [3.8, 4) is 39.8 Å². The first-order valence-electron chi connectivity index (χ1n) is 20.0. The number of nitrogens with one attached hydrogen (secondary N) is 3. The van der Waals surface area contributed by atoms with E-state index in [2.05, 4.69) is 53.3 Å². The zero-order valence-electron chi connectivity index (χ0n) is 35.6. The highest BCUT2D eigenvalue weighted by molar-refractivity contribution is 6.00. The fraction of sp³-hybridized carbons (Fsp3) is 0.378. The van der Waals surface area contributed by atoms with Crippen LogP contribution in [0.4, 0.5) is 0 Å². The first kappa shape index (κ1) is 45.6. The molecular formula is C45H56N8O8. The molecule has 10 N–H and O–H groups in total. The quantitative estimate of drug-likeness (QED) is 0.101. The second-order valence-corrected chi connectivity index (χ2v) is 16.3. The molecule has 0 fully saturated rings. The minimum absolute atomic E-state index is 0.0106. The number of fused-ring (bicyclic) bond motifs is 5. The molecule has 5 rings (SSSR count). The van der Waals surface area contributed by atoms with Crippen LogP contribution in [0, 0.1) is 13.8 Å². The van der Waals surface area contributed by atoms with Crippen molar-refractivity contribution in [3.05, 3.63) is 101 Å². The smallest absolute Gasteiger partial charge is 0.255 e. The molecule has 1 aromatic heterocycles. The van der Waals surface area contributed by atoms with Crippen molar-refractivity contribution >= 4 is 23.6 Å². The first-order valence-corrected chi connectivity index (χ1v) is 20.0. The average Bonchev–Trinajstić information content (AvgIpc) is 3.19. The van der Waals surface area contributed by atoms with E-state index in [1.165, 1.54) is 38.2 Å². The van der Waals surface area contributed by atoms with E-state index in [1.807, 2.05) is 24.3 Å². The SMILES string of the molecule is C=C(O)C1Cc2cc(OCCN)c(O)c(c2)-c2cc(ccc2O)C(N(C)C(=O)[C@H](CCN)NC(=O)c2c(C)nc(-c3ccc(C(C)(C)C)cc3)nc2C)C(=O)N[C@@H](C)C(=O)N1. The summed E-state index contributed by atoms with van der Waals surface area (Å²) in [7, 11) is 1.37. The van der Waals surface area contributed by atoms with Gasteiger partial charge >= 0.3 is 0 Å². The fourth-order valence-corrected chi connectivity index (χ4v) is 7.22. The molecule has 0 saturated carbocycles. The van der Waals surface area contributed by atoms with Crippen LogP contribution in [0.5, 0.6) is 17.2 Å². The maximum Gasteiger partial charge on any atom is 0.255 e. The number of aromatic hydroxyl groups is 2. The van der Waals surface area contributed by atoms with Crippen molar-refractivity contribution in [1.82, 2.24) is 30.8 Å². The molecule has 4 amide bonds. The molecule has 16 nitrogen and oxygen atoms in total. The van der Waals surface area contributed by atoms with Gasteiger partial charge in [-0.3, -0.25) is 19.2 Å². The number of hydrogen-bond acceptors (Lipinski definition) is 12. The molecule has 16 heteroatoms. The Kier molecular flexibility index (Phi) is 14.1. The lowest BCUT2D eigenvalue weighted by Crippen LogP contribution is -2.54. The summed E-state index contributed by atoms with van der Waals surface area (Å²) < 4.78 is 5.73. The van der Waals surface area contributed by atoms with E-state index in [0.717, 1.165) is 16.0 Å². The van der Waals surface area contributed by atoms with Crippen molar-refractivity contribution in [2.75, 3.05) is 26.7 Å². The third-order valence-electron chi connectivity index (χ3n) is 10.6. The number of aromatic nitrogens is 2. The molecule has 324 valence electrons. The molecule has 1 aliphatic rings. The van der Waals surface area contributed by atoms with Crippen LogP contribution >= 0.6 is 0 Å². The number of phenols is 2. The lowest BCUT2D eigenvalue weighted by Gasteiger charge is -2.32. The number of amides is 4. The van der Waals surface area contributed by atoms with Crippen LogP contribution in [0.2, 0.25) is 0 Å². The van der Waals surface area contributed by atoms with Crippen LogP contribution in [0.25, 0.3) is 22.5 Å². The summed E-state index contributed by atoms with van der Waals surface area (Å²) in [5, 5.41) is 41.2. The van der Waals surface area contributed by atoms with E-state index in [1.54, 1.807) is 19.9 Å². The summed E-state index contributed by atoms with van der Waals surface area (Å²) >= 11 is 0. The second-order valence-electron chi connectivity index (χ2n) is 16.3. The molecule has 4 bridgehead atoms. The molecule has 4 aromatic rings. The molecule has 1 aliphatic heterocycles. The number of hydrogen-bond donors (Lipinski definition) is 8. The Labute approximate surface area is 355 Å². The summed E-state index contributed by atoms with van der Waals surface area (Å²) in [5.41, 5.74) is 15.3. The van der Waals surface area contributed by atoms with Gasteiger partial charge in [0.2, 0.25) is 17.7 Å². The first-order chi connectivity index (χ1) is 28.7. The Hall–Kier alpha value is -6.52. The zero-order chi connectivity index (χ0) is 44.9. The van der Waals surface area contributed by atoms with Gasteiger partial charge in [-0.25, -0.2) is 9.97 Å². The summed E-state index contributed by atoms with van der Waals surface area (Å²) in [6.07, 6.45) is -0.0257. The number of aliphatic hydroxyl groups is 1. The number of likely N-dealkylation sites (N-methyl/N-ethyl adjacent to an activating group) is 1. The van der Waals surface area contributed by atoms with Crippen molar-refractivity contribution in [2.45, 2.75) is 84.0 Å². The highest BCUT2D eigenvalue weighted by Crippen LogP contribution is 2.43. The predicted octanol–water partition coefficient (Wildman–Crippen LogP) is 3.74. The van der Waals surface area contributed by atoms with Gasteiger partial charge in [0.25, 0.3) is 5.91 Å². The number of phenolic OH excluding ortho intramolecular Hbond substituents is 2. The van der Waals surface area contributed by atoms with E-state index >= 15 is 0 Å². The zero-order valence-corrected chi connectivity index (χ0v) is 35.6. The number of carbonyl (C=O) groups is 4. The number of aliphatic hydroxyl groups excluding tert-OH is 1. The molecule has 0 spiro atoms. The molecule has 2 unspecified atom stereocenters. The Morgan fingerprint density at radius 3 is 2.21 bits per heavy atom. The van der Waals surface area contributed by atoms with Gasteiger partial charge in [-0.1, -0.05) is 57.7 Å². The molecule has 61 heavy (non-hydrogen) atoms. The van der Waals surface area contributed by atoms with Crippen LogP contribution in [-0.2, 0) is 26.2 Å². The summed E-state index contributed by atoms with van der Waals surface area (Å²) in [6.45, 7) is 14.9. The predicted molar refractivity (Wildman–Crippen MR) is 231 cm³/mol. The lowest BCUT2D eigenvalue weighted by atomic mass is 9.86. The number of rotatable bonds is 11. The lowest BCUT2D eigenvalue weighted by molar-refractivity contribution is -0.141. The Balaban J connectivity index is 1.53. The topological polar surface area (TPSA) is 255 Å². The van der Waals surface area contributed by atoms with Gasteiger partial charge in [0.15, 0.2) is 17.3 Å². The minimum atomic E-state index is -1.46. The van der Waals surface area contributed by atoms with Crippen molar-refractivity contribution in [2.24, 2.45) is 11.5 Å². The van der Waals surface area contributed by atoms with Gasteiger partial charge < -0.3 is 52.4 Å². The van der Waals surface area contributed by atoms with Crippen LogP contribution in [0.1, 0.15) is 78.6 Å². The number of nitrogens with two attached hydrogens (primary N) is 2. The Morgan fingerprint density at radius 2 is 1.62 bits per heavy atom. The van der Waals surface area contributed by atoms with Gasteiger partial charge in [-0.05, 0) is 80.1 Å². The fourth-order valence-electron chi connectivity index (χ4n) is 7.22. The van der Waals surface area contributed by atoms with Gasteiger partial charge in [0.05, 0.1) is 23.0 Å². The van der Waals surface area contributed by atoms with Crippen LogP contribution in [0.3, 0.4) is 0 Å². The van der Waals surface area contributed by atoms with Gasteiger partial charge in [0.1, 0.15) is 36.2 Å². The number of nitrogens with zero attached hydrogens (tertiary/aromatic N) is 3. The molecule has 0 aliphatic carbocycles. The van der Waals surface area contributed by atoms with Crippen molar-refractivity contribution in [1.29, 1.82) is 0 Å². The van der Waals surface area contributed by atoms with Crippen molar-refractivity contribution < 1.29 is 39.2 Å². The molecule has 3 aromatic carbocycles. The third kappa shape index (κ3) is 10.3. The van der Waals surface area contributed by atoms with Gasteiger partial charge in [-0.15, -0.1) is 0 Å². The normalized spacial score (nSPS) is 17.3. The van der Waals surface area contributed by atoms with E-state index in [0.29, 0.717) is 22.8 Å². The number of aryl methyl sites for hydroxylation is 2. The van der Waals surface area contributed by atoms with E-state index in [4.69, 9.17) is 16.2 Å². The van der Waals surface area contributed by atoms with Crippen LogP contribution < -0.4 is 32.2 Å². The standard InChI is InChI=1S/C45H56N8O8/c1-23-37(24(2)49-40(48-23)28-9-12-30(13-10-28)45(5,6)7)42(58)51-33(15-16-46)44(60)53(8)38-29-11-14-35(55)31(22-29)32-19-27(21-36(39(32)56)61-18-17-47)20-34(26(4)54)52-41(57)25(3)50-43(38)59/h9-14,19,21-22,25,33-34,38,54-56H,4,15-18,20,46-47H2,1-3,5-8H3,(H,50,59)(H,51,58)(H,52,57)/t25-,33-,34?,38?/m0/s1. The van der Waals surface area contributed by atoms with Crippen LogP contribution in [0.15, 0.2) is 66.9 Å². The summed E-state index contributed by atoms with van der Waals surface area (Å²) in [6, 6.07) is 10.2. The Morgan fingerprint density at radius 1 is 0.967 bits per heavy atom. The van der Waals surface area contributed by atoms with Crippen LogP contribution in [-0.4, -0.2) is 98.7 Å². The summed E-state index contributed by atoms with van der Waals surface area (Å²) in [5.74, 6) is -3.34. The average molecular weight is 837 g/mol. The number of ether oxygens (including phenoxy) is 1. The third-order valence-corrected chi connectivity index (χ3v) is 10.6. The Bertz CT molecular complexity index is 2300. The molecule has 0 radical (unpaired) electrons. The second kappa shape index (κ2) is 18.8. The van der Waals surface area contributed by atoms with Crippen molar-refractivity contribution in [3.63, 3.8) is 0 Å². The molecular weight excluding hydrogens is 781 g/mol. The number of benzene rings is 3. The number of carbonyl (C=O) groups excluding carboxylic acids is 4. The van der Waals surface area contributed by atoms with E-state index < -0.39 is 47.8 Å². The maximum absolute atomic E-state index is 14.5. The van der Waals surface area contributed by atoms with E-state index in [9.17, 15) is 34.5 Å². The molecule has 4 atom stereocenters. The maximum atomic E-state index is 14.5. The molecule has 2 heterocycles. The largest absolute Gasteiger partial charge is 0.511 e. The van der Waals surface area contributed by atoms with Gasteiger partial charge in [0, 0.05) is 36.7 Å². The van der Waals surface area contributed by atoms with E-state index in [-0.39, 0.29) is 83.2 Å². The highest BCUT2D eigenvalue weighted by Gasteiger charge is 2.36. The highest BCUT2D eigenvalue weighted by atomic mass is 16.5. The summed E-state index contributed by atoms with van der Waals surface area (Å²) in [4.78, 5) is 66.7.